The largest absolute Gasteiger partial charge is 0.481 e. The molecule has 7 nitrogen and oxygen atoms in total. The number of allylic oxidation sites excluding steroid dienone is 20. The molecule has 0 saturated carbocycles. The zero-order valence-electron chi connectivity index (χ0n) is 42.8. The van der Waals surface area contributed by atoms with Crippen LogP contribution in [-0.4, -0.2) is 21.3 Å². The molecule has 0 saturated heterocycles. The van der Waals surface area contributed by atoms with Crippen LogP contribution >= 0.6 is 15.6 Å². The van der Waals surface area contributed by atoms with Crippen LogP contribution in [0.25, 0.3) is 0 Å². The maximum absolute atomic E-state index is 11.5. The van der Waals surface area contributed by atoms with Gasteiger partial charge >= 0.3 is 15.6 Å². The summed E-state index contributed by atoms with van der Waals surface area (Å²) in [7, 11) is -9.85. The highest BCUT2D eigenvalue weighted by Gasteiger charge is 2.32. The van der Waals surface area contributed by atoms with Crippen molar-refractivity contribution in [2.45, 2.75) is 218 Å². The second-order valence-electron chi connectivity index (χ2n) is 18.9. The Labute approximate surface area is 393 Å². The van der Waals surface area contributed by atoms with E-state index in [4.69, 9.17) is 9.79 Å². The number of phosphoric acid groups is 2. The van der Waals surface area contributed by atoms with Crippen molar-refractivity contribution in [1.29, 1.82) is 0 Å². The monoisotopic (exact) mass is 929 g/mol. The van der Waals surface area contributed by atoms with E-state index in [9.17, 15) is 14.0 Å². The third-order valence-electron chi connectivity index (χ3n) is 11.6. The second-order valence-corrected chi connectivity index (χ2v) is 21.8. The van der Waals surface area contributed by atoms with Gasteiger partial charge in [0.2, 0.25) is 0 Å². The predicted octanol–water partition coefficient (Wildman–Crippen LogP) is 18.5. The summed E-state index contributed by atoms with van der Waals surface area (Å²) in [6, 6.07) is 0. The van der Waals surface area contributed by atoms with Gasteiger partial charge in [0.05, 0.1) is 6.61 Å². The van der Waals surface area contributed by atoms with Gasteiger partial charge in [-0.1, -0.05) is 123 Å². The first-order valence-electron chi connectivity index (χ1n) is 24.3. The van der Waals surface area contributed by atoms with Gasteiger partial charge in [-0.25, -0.2) is 9.13 Å². The highest BCUT2D eigenvalue weighted by molar-refractivity contribution is 7.60. The van der Waals surface area contributed by atoms with E-state index in [1.54, 1.807) is 0 Å². The van der Waals surface area contributed by atoms with Gasteiger partial charge < -0.3 is 14.7 Å². The van der Waals surface area contributed by atoms with E-state index in [-0.39, 0.29) is 12.5 Å². The minimum Gasteiger partial charge on any atom is -0.302 e. The third-order valence-corrected chi connectivity index (χ3v) is 13.8. The van der Waals surface area contributed by atoms with Crippen LogP contribution in [0.15, 0.2) is 116 Å². The molecule has 0 aromatic heterocycles. The molecule has 3 N–H and O–H groups in total. The first-order valence-corrected chi connectivity index (χ1v) is 27.4. The lowest BCUT2D eigenvalue weighted by Gasteiger charge is -2.14. The molecule has 0 aromatic rings. The lowest BCUT2D eigenvalue weighted by atomic mass is 10.0. The Balaban J connectivity index is 4.28. The minimum absolute atomic E-state index is 0.112. The number of hydrogen-bond acceptors (Lipinski definition) is 4. The highest BCUT2D eigenvalue weighted by atomic mass is 31.3. The first kappa shape index (κ1) is 61.7. The van der Waals surface area contributed by atoms with Crippen LogP contribution in [0.5, 0.6) is 0 Å². The van der Waals surface area contributed by atoms with Crippen LogP contribution in [0.2, 0.25) is 0 Å². The van der Waals surface area contributed by atoms with Gasteiger partial charge in [-0.2, -0.15) is 4.31 Å². The average Bonchev–Trinajstić information content (AvgIpc) is 3.16. The molecule has 2 unspecified atom stereocenters. The molecule has 0 aliphatic heterocycles. The summed E-state index contributed by atoms with van der Waals surface area (Å²) in [5.74, 6) is 0.222. The molecule has 0 rings (SSSR count). The highest BCUT2D eigenvalue weighted by Crippen LogP contribution is 2.57. The molecule has 0 bridgehead atoms. The summed E-state index contributed by atoms with van der Waals surface area (Å²) >= 11 is 0. The van der Waals surface area contributed by atoms with Gasteiger partial charge in [0.15, 0.2) is 0 Å². The minimum atomic E-state index is -5.09. The van der Waals surface area contributed by atoms with Crippen molar-refractivity contribution in [3.63, 3.8) is 0 Å². The lowest BCUT2D eigenvalue weighted by molar-refractivity contribution is 0.170. The molecular formula is C55H94O7P2. The van der Waals surface area contributed by atoms with E-state index < -0.39 is 15.6 Å². The number of hydrogen-bond donors (Lipinski definition) is 3. The number of rotatable bonds is 36. The average molecular weight is 929 g/mol. The Kier molecular flexibility index (Phi) is 35.4. The summed E-state index contributed by atoms with van der Waals surface area (Å²) in [5.41, 5.74) is 14.7. The summed E-state index contributed by atoms with van der Waals surface area (Å²) in [6.45, 7) is 26.6. The quantitative estimate of drug-likeness (QED) is 0.0424. The standard InChI is InChI=1S/C55H94O7P2/c1-45(2)23-13-24-46(3)25-14-26-47(4)27-15-28-48(5)29-16-30-49(6)31-17-32-50(7)33-18-34-51(8)35-19-36-52(9)37-20-38-53(10)39-21-40-54(11)41-22-42-55(12)43-44-61-64(59,60)62-63(56,57)58/h23,25,27,29,31,33,35,37,39,41,55H,13-22,24,26,28,30,32,34,36,38,40,42-44H2,1-12H3,(H,59,60)(H2,56,57,58)/b46-25+,47-27+,48-29-,49-31-,50-33-,51-35-,52-37-,53-39-,54-41-. The zero-order valence-corrected chi connectivity index (χ0v) is 44.6. The molecule has 366 valence electrons. The molecule has 2 atom stereocenters. The molecule has 0 radical (unpaired) electrons. The fourth-order valence-corrected chi connectivity index (χ4v) is 8.76. The van der Waals surface area contributed by atoms with Crippen molar-refractivity contribution in [3.05, 3.63) is 116 Å². The predicted molar refractivity (Wildman–Crippen MR) is 278 cm³/mol. The van der Waals surface area contributed by atoms with Crippen LogP contribution in [0.3, 0.4) is 0 Å². The molecule has 0 aromatic carbocycles. The van der Waals surface area contributed by atoms with Crippen molar-refractivity contribution in [2.75, 3.05) is 6.61 Å². The summed E-state index contributed by atoms with van der Waals surface area (Å²) in [4.78, 5) is 26.7. The maximum atomic E-state index is 11.5. The van der Waals surface area contributed by atoms with Gasteiger partial charge in [0.25, 0.3) is 0 Å². The Morgan fingerprint density at radius 1 is 0.391 bits per heavy atom. The Morgan fingerprint density at radius 3 is 0.859 bits per heavy atom. The number of phosphoric ester groups is 1. The summed E-state index contributed by atoms with van der Waals surface area (Å²) in [6.07, 6.45) is 46.5. The van der Waals surface area contributed by atoms with Gasteiger partial charge in [-0.05, 0) is 217 Å². The van der Waals surface area contributed by atoms with E-state index in [1.165, 1.54) is 68.6 Å². The Bertz CT molecular complexity index is 1740. The van der Waals surface area contributed by atoms with Gasteiger partial charge in [-0.3, -0.25) is 4.52 Å². The fraction of sp³-hybridized carbons (Fsp3) is 0.636. The molecular weight excluding hydrogens is 835 g/mol. The molecule has 0 amide bonds. The van der Waals surface area contributed by atoms with Crippen molar-refractivity contribution < 1.29 is 32.6 Å². The van der Waals surface area contributed by atoms with E-state index in [1.807, 2.05) is 6.92 Å². The second kappa shape index (κ2) is 36.7. The van der Waals surface area contributed by atoms with Crippen molar-refractivity contribution in [2.24, 2.45) is 5.92 Å². The van der Waals surface area contributed by atoms with Crippen LogP contribution in [-0.2, 0) is 18.0 Å². The smallest absolute Gasteiger partial charge is 0.302 e. The van der Waals surface area contributed by atoms with Crippen molar-refractivity contribution >= 4 is 15.6 Å². The summed E-state index contributed by atoms with van der Waals surface area (Å²) < 4.78 is 30.8. The van der Waals surface area contributed by atoms with Crippen LogP contribution in [0.1, 0.15) is 218 Å². The van der Waals surface area contributed by atoms with E-state index in [2.05, 4.69) is 146 Å². The van der Waals surface area contributed by atoms with Gasteiger partial charge in [0, 0.05) is 0 Å². The molecule has 0 aliphatic carbocycles. The first-order chi connectivity index (χ1) is 30.1. The van der Waals surface area contributed by atoms with Gasteiger partial charge in [0.1, 0.15) is 0 Å². The molecule has 0 spiro atoms. The van der Waals surface area contributed by atoms with E-state index >= 15 is 0 Å². The topological polar surface area (TPSA) is 113 Å². The Hall–Kier alpha value is -2.34. The molecule has 64 heavy (non-hydrogen) atoms. The normalized spacial score (nSPS) is 16.1. The summed E-state index contributed by atoms with van der Waals surface area (Å²) in [5, 5.41) is 0. The maximum Gasteiger partial charge on any atom is 0.481 e. The van der Waals surface area contributed by atoms with Gasteiger partial charge in [-0.15, -0.1) is 0 Å². The molecule has 0 fully saturated rings. The third kappa shape index (κ3) is 41.1. The Morgan fingerprint density at radius 2 is 0.625 bits per heavy atom. The van der Waals surface area contributed by atoms with Crippen molar-refractivity contribution in [1.82, 2.24) is 0 Å². The van der Waals surface area contributed by atoms with Crippen LogP contribution in [0.4, 0.5) is 0 Å². The molecule has 0 aliphatic rings. The lowest BCUT2D eigenvalue weighted by Crippen LogP contribution is -2.02. The van der Waals surface area contributed by atoms with Crippen LogP contribution < -0.4 is 0 Å². The zero-order chi connectivity index (χ0) is 48.4. The van der Waals surface area contributed by atoms with Crippen LogP contribution in [0, 0.1) is 5.92 Å². The molecule has 0 heterocycles. The SMILES string of the molecule is CC(C)=CCC/C(C)=C/CC/C(C)=C/CC/C(C)=C\CC/C(C)=C\CC/C(C)=C\CC/C(C)=C\CC/C(C)=C\CC/C(C)=C\CC/C(C)=C\CCC(C)CCOP(=O)(O)OP(=O)(O)O. The van der Waals surface area contributed by atoms with E-state index in [0.717, 1.165) is 116 Å². The van der Waals surface area contributed by atoms with Crippen molar-refractivity contribution in [3.8, 4) is 0 Å². The molecule has 9 heteroatoms. The fourth-order valence-electron chi connectivity index (χ4n) is 7.16. The van der Waals surface area contributed by atoms with E-state index in [0.29, 0.717) is 6.42 Å².